The fourth-order valence-corrected chi connectivity index (χ4v) is 2.86. The van der Waals surface area contributed by atoms with Gasteiger partial charge in [0, 0.05) is 32.0 Å². The monoisotopic (exact) mass is 370 g/mol. The standard InChI is InChI=1S/C17H22N4O.2ClH/c22-17(15-6-3-7-18-10-15)20-11-14-4-1-2-5-16(14)12-21-9-8-19-13-21;;/h1-2,4-5,8-9,13,15,18H,3,6-7,10-12H2,(H,20,22);2*1H. The summed E-state index contributed by atoms with van der Waals surface area (Å²) in [4.78, 5) is 16.3. The zero-order chi connectivity index (χ0) is 15.2. The van der Waals surface area contributed by atoms with Gasteiger partial charge in [-0.15, -0.1) is 24.8 Å². The number of imidazole rings is 1. The Balaban J connectivity index is 0.00000144. The Bertz CT molecular complexity index is 613. The van der Waals surface area contributed by atoms with Crippen LogP contribution in [0.25, 0.3) is 0 Å². The molecule has 24 heavy (non-hydrogen) atoms. The van der Waals surface area contributed by atoms with Crippen LogP contribution in [0.3, 0.4) is 0 Å². The summed E-state index contributed by atoms with van der Waals surface area (Å²) in [5, 5.41) is 6.37. The zero-order valence-electron chi connectivity index (χ0n) is 13.5. The topological polar surface area (TPSA) is 59.0 Å². The van der Waals surface area contributed by atoms with Gasteiger partial charge < -0.3 is 15.2 Å². The molecular weight excluding hydrogens is 347 g/mol. The van der Waals surface area contributed by atoms with Crippen molar-refractivity contribution < 1.29 is 4.79 Å². The van der Waals surface area contributed by atoms with Crippen molar-refractivity contribution in [1.29, 1.82) is 0 Å². The molecule has 1 aliphatic rings. The summed E-state index contributed by atoms with van der Waals surface area (Å²) in [6.45, 7) is 3.18. The number of carbonyl (C=O) groups is 1. The number of amides is 1. The minimum atomic E-state index is 0. The second-order valence-corrected chi connectivity index (χ2v) is 5.76. The minimum absolute atomic E-state index is 0. The second kappa shape index (κ2) is 10.3. The molecular formula is C17H24Cl2N4O. The van der Waals surface area contributed by atoms with E-state index in [2.05, 4.69) is 27.8 Å². The Labute approximate surface area is 155 Å². The molecule has 0 saturated carbocycles. The highest BCUT2D eigenvalue weighted by Crippen LogP contribution is 2.13. The lowest BCUT2D eigenvalue weighted by atomic mass is 9.98. The highest BCUT2D eigenvalue weighted by atomic mass is 35.5. The molecule has 2 N–H and O–H groups in total. The number of halogens is 2. The van der Waals surface area contributed by atoms with Crippen LogP contribution in [0.4, 0.5) is 0 Å². The van der Waals surface area contributed by atoms with E-state index in [0.717, 1.165) is 38.0 Å². The normalized spacial score (nSPS) is 16.6. The SMILES string of the molecule is Cl.Cl.O=C(NCc1ccccc1Cn1ccnc1)C1CCCNC1. The van der Waals surface area contributed by atoms with Crippen molar-refractivity contribution in [3.8, 4) is 0 Å². The number of benzene rings is 1. The lowest BCUT2D eigenvalue weighted by Crippen LogP contribution is -2.40. The molecule has 1 aliphatic heterocycles. The van der Waals surface area contributed by atoms with Gasteiger partial charge in [0.2, 0.25) is 5.91 Å². The smallest absolute Gasteiger partial charge is 0.224 e. The highest BCUT2D eigenvalue weighted by Gasteiger charge is 2.20. The molecule has 2 aromatic rings. The highest BCUT2D eigenvalue weighted by molar-refractivity contribution is 5.85. The van der Waals surface area contributed by atoms with Crippen LogP contribution in [0.15, 0.2) is 43.0 Å². The van der Waals surface area contributed by atoms with Crippen LogP contribution in [0.2, 0.25) is 0 Å². The molecule has 1 atom stereocenters. The predicted octanol–water partition coefficient (Wildman–Crippen LogP) is 2.39. The third-order valence-corrected chi connectivity index (χ3v) is 4.15. The third kappa shape index (κ3) is 5.51. The van der Waals surface area contributed by atoms with Gasteiger partial charge in [-0.3, -0.25) is 4.79 Å². The number of carbonyl (C=O) groups excluding carboxylic acids is 1. The van der Waals surface area contributed by atoms with E-state index in [1.165, 1.54) is 5.56 Å². The van der Waals surface area contributed by atoms with Gasteiger partial charge >= 0.3 is 0 Å². The Morgan fingerprint density at radius 3 is 2.75 bits per heavy atom. The van der Waals surface area contributed by atoms with Crippen molar-refractivity contribution in [2.24, 2.45) is 5.92 Å². The van der Waals surface area contributed by atoms with Crippen molar-refractivity contribution in [1.82, 2.24) is 20.2 Å². The molecule has 0 spiro atoms. The summed E-state index contributed by atoms with van der Waals surface area (Å²) in [7, 11) is 0. The quantitative estimate of drug-likeness (QED) is 0.849. The van der Waals surface area contributed by atoms with Crippen molar-refractivity contribution in [2.45, 2.75) is 25.9 Å². The molecule has 1 aromatic heterocycles. The lowest BCUT2D eigenvalue weighted by Gasteiger charge is -2.22. The van der Waals surface area contributed by atoms with Crippen molar-refractivity contribution in [3.05, 3.63) is 54.1 Å². The zero-order valence-corrected chi connectivity index (χ0v) is 15.1. The molecule has 0 bridgehead atoms. The maximum Gasteiger partial charge on any atom is 0.224 e. The first-order valence-electron chi connectivity index (χ1n) is 7.84. The molecule has 7 heteroatoms. The maximum absolute atomic E-state index is 12.2. The molecule has 2 heterocycles. The van der Waals surface area contributed by atoms with E-state index in [-0.39, 0.29) is 36.6 Å². The Morgan fingerprint density at radius 1 is 1.29 bits per heavy atom. The van der Waals surface area contributed by atoms with Gasteiger partial charge in [0.25, 0.3) is 0 Å². The van der Waals surface area contributed by atoms with Gasteiger partial charge in [-0.05, 0) is 30.5 Å². The van der Waals surface area contributed by atoms with Crippen molar-refractivity contribution in [3.63, 3.8) is 0 Å². The van der Waals surface area contributed by atoms with Crippen LogP contribution in [0.1, 0.15) is 24.0 Å². The van der Waals surface area contributed by atoms with Crippen LogP contribution in [-0.2, 0) is 17.9 Å². The molecule has 1 amide bonds. The summed E-state index contributed by atoms with van der Waals surface area (Å²) in [6.07, 6.45) is 7.59. The molecule has 1 aromatic carbocycles. The summed E-state index contributed by atoms with van der Waals surface area (Å²) in [5.74, 6) is 0.263. The Morgan fingerprint density at radius 2 is 2.08 bits per heavy atom. The van der Waals surface area contributed by atoms with E-state index < -0.39 is 0 Å². The average molecular weight is 371 g/mol. The predicted molar refractivity (Wildman–Crippen MR) is 99.7 cm³/mol. The van der Waals surface area contributed by atoms with Gasteiger partial charge in [0.1, 0.15) is 0 Å². The molecule has 132 valence electrons. The van der Waals surface area contributed by atoms with E-state index in [1.807, 2.05) is 29.2 Å². The minimum Gasteiger partial charge on any atom is -0.352 e. The Hall–Kier alpha value is -1.56. The van der Waals surface area contributed by atoms with Crippen LogP contribution in [0.5, 0.6) is 0 Å². The number of aromatic nitrogens is 2. The average Bonchev–Trinajstić information content (AvgIpc) is 3.07. The first-order valence-corrected chi connectivity index (χ1v) is 7.84. The van der Waals surface area contributed by atoms with E-state index in [1.54, 1.807) is 6.20 Å². The summed E-state index contributed by atoms with van der Waals surface area (Å²) < 4.78 is 2.03. The first-order chi connectivity index (χ1) is 10.8. The van der Waals surface area contributed by atoms with E-state index in [9.17, 15) is 4.79 Å². The van der Waals surface area contributed by atoms with E-state index >= 15 is 0 Å². The fourth-order valence-electron chi connectivity index (χ4n) is 2.86. The van der Waals surface area contributed by atoms with Gasteiger partial charge in [-0.25, -0.2) is 4.98 Å². The van der Waals surface area contributed by atoms with Crippen LogP contribution < -0.4 is 10.6 Å². The molecule has 0 radical (unpaired) electrons. The van der Waals surface area contributed by atoms with Gasteiger partial charge in [0.15, 0.2) is 0 Å². The first kappa shape index (κ1) is 20.5. The molecule has 5 nitrogen and oxygen atoms in total. The molecule has 3 rings (SSSR count). The van der Waals surface area contributed by atoms with Gasteiger partial charge in [-0.1, -0.05) is 24.3 Å². The lowest BCUT2D eigenvalue weighted by molar-refractivity contribution is -0.125. The summed E-state index contributed by atoms with van der Waals surface area (Å²) >= 11 is 0. The maximum atomic E-state index is 12.2. The van der Waals surface area contributed by atoms with Crippen LogP contribution in [-0.4, -0.2) is 28.5 Å². The molecule has 1 saturated heterocycles. The van der Waals surface area contributed by atoms with E-state index in [0.29, 0.717) is 6.54 Å². The van der Waals surface area contributed by atoms with Gasteiger partial charge in [-0.2, -0.15) is 0 Å². The molecule has 0 aliphatic carbocycles. The largest absolute Gasteiger partial charge is 0.352 e. The number of hydrogen-bond donors (Lipinski definition) is 2. The summed E-state index contributed by atoms with van der Waals surface area (Å²) in [6, 6.07) is 8.22. The van der Waals surface area contributed by atoms with E-state index in [4.69, 9.17) is 0 Å². The number of hydrogen-bond acceptors (Lipinski definition) is 3. The number of rotatable bonds is 5. The van der Waals surface area contributed by atoms with Crippen molar-refractivity contribution in [2.75, 3.05) is 13.1 Å². The fraction of sp³-hybridized carbons (Fsp3) is 0.412. The Kier molecular flexibility index (Phi) is 8.82. The molecule has 1 fully saturated rings. The summed E-state index contributed by atoms with van der Waals surface area (Å²) in [5.41, 5.74) is 2.37. The van der Waals surface area contributed by atoms with Gasteiger partial charge in [0.05, 0.1) is 12.2 Å². The van der Waals surface area contributed by atoms with Crippen LogP contribution >= 0.6 is 24.8 Å². The third-order valence-electron chi connectivity index (χ3n) is 4.15. The number of nitrogens with one attached hydrogen (secondary N) is 2. The van der Waals surface area contributed by atoms with Crippen LogP contribution in [0, 0.1) is 5.92 Å². The number of piperidine rings is 1. The number of nitrogens with zero attached hydrogens (tertiary/aromatic N) is 2. The molecule has 1 unspecified atom stereocenters. The van der Waals surface area contributed by atoms with Crippen molar-refractivity contribution >= 4 is 30.7 Å². The second-order valence-electron chi connectivity index (χ2n) is 5.76.